The number of halogens is 3. The molecular weight excluding hydrogens is 283 g/mol. The molecule has 0 radical (unpaired) electrons. The van der Waals surface area contributed by atoms with Gasteiger partial charge in [-0.2, -0.15) is 0 Å². The fourth-order valence-corrected chi connectivity index (χ4v) is 1.36. The minimum Gasteiger partial charge on any atom is -0.382 e. The number of hydrogen-bond acceptors (Lipinski definition) is 2. The predicted molar refractivity (Wildman–Crippen MR) is 49.1 cm³/mol. The zero-order chi connectivity index (χ0) is 7.72. The number of anilines is 1. The van der Waals surface area contributed by atoms with Crippen LogP contribution in [0.15, 0.2) is 15.1 Å². The van der Waals surface area contributed by atoms with Crippen molar-refractivity contribution in [2.24, 2.45) is 0 Å². The van der Waals surface area contributed by atoms with Crippen LogP contribution in [0.4, 0.5) is 5.82 Å². The van der Waals surface area contributed by atoms with Crippen LogP contribution in [-0.2, 0) is 0 Å². The number of nitrogens with two attached hydrogens (primary N) is 1. The second-order valence-electron chi connectivity index (χ2n) is 1.63. The number of rotatable bonds is 0. The van der Waals surface area contributed by atoms with Crippen molar-refractivity contribution in [1.29, 1.82) is 0 Å². The van der Waals surface area contributed by atoms with Gasteiger partial charge in [-0.25, -0.2) is 4.98 Å². The smallest absolute Gasteiger partial charge is 0.143 e. The first kappa shape index (κ1) is 8.30. The summed E-state index contributed by atoms with van der Waals surface area (Å²) >= 11 is 12.1. The van der Waals surface area contributed by atoms with Gasteiger partial charge in [0.1, 0.15) is 10.4 Å². The fraction of sp³-hybridized carbons (Fsp3) is 0. The molecule has 0 spiro atoms. The van der Waals surface area contributed by atoms with Gasteiger partial charge in [0.25, 0.3) is 0 Å². The first-order valence-electron chi connectivity index (χ1n) is 2.38. The molecule has 1 rings (SSSR count). The molecule has 1 heterocycles. The molecule has 1 aromatic heterocycles. The van der Waals surface area contributed by atoms with Gasteiger partial charge in [0, 0.05) is 0 Å². The van der Waals surface area contributed by atoms with Gasteiger partial charge in [-0.05, 0) is 37.9 Å². The molecule has 2 N–H and O–H groups in total. The van der Waals surface area contributed by atoms with Crippen LogP contribution in [0.5, 0.6) is 0 Å². The van der Waals surface area contributed by atoms with Gasteiger partial charge in [0.2, 0.25) is 0 Å². The molecule has 10 heavy (non-hydrogen) atoms. The minimum absolute atomic E-state index is 0.330. The van der Waals surface area contributed by atoms with Gasteiger partial charge in [-0.3, -0.25) is 0 Å². The summed E-state index contributed by atoms with van der Waals surface area (Å²) in [6.07, 6.45) is 0. The molecule has 2 nitrogen and oxygen atoms in total. The van der Waals surface area contributed by atoms with E-state index in [4.69, 9.17) is 17.3 Å². The highest BCUT2D eigenvalue weighted by molar-refractivity contribution is 9.13. The Morgan fingerprint density at radius 2 is 2.10 bits per heavy atom. The van der Waals surface area contributed by atoms with E-state index < -0.39 is 0 Å². The monoisotopic (exact) mass is 284 g/mol. The van der Waals surface area contributed by atoms with Crippen molar-refractivity contribution >= 4 is 49.3 Å². The molecule has 0 unspecified atom stereocenters. The van der Waals surface area contributed by atoms with Crippen LogP contribution in [0.2, 0.25) is 5.02 Å². The zero-order valence-corrected chi connectivity index (χ0v) is 8.66. The van der Waals surface area contributed by atoms with Gasteiger partial charge >= 0.3 is 0 Å². The number of pyridine rings is 1. The third-order valence-electron chi connectivity index (χ3n) is 0.914. The highest BCUT2D eigenvalue weighted by Gasteiger charge is 2.02. The minimum atomic E-state index is 0.330. The Morgan fingerprint density at radius 1 is 1.50 bits per heavy atom. The van der Waals surface area contributed by atoms with E-state index in [1.165, 1.54) is 0 Å². The molecule has 5 heteroatoms. The predicted octanol–water partition coefficient (Wildman–Crippen LogP) is 2.84. The van der Waals surface area contributed by atoms with Crippen molar-refractivity contribution in [3.8, 4) is 0 Å². The first-order valence-corrected chi connectivity index (χ1v) is 4.34. The SMILES string of the molecule is Nc1nc(Br)c(Br)cc1Cl. The van der Waals surface area contributed by atoms with E-state index in [2.05, 4.69) is 36.8 Å². The van der Waals surface area contributed by atoms with Gasteiger partial charge < -0.3 is 5.73 Å². The lowest BCUT2D eigenvalue weighted by molar-refractivity contribution is 1.27. The fourth-order valence-electron chi connectivity index (χ4n) is 0.457. The highest BCUT2D eigenvalue weighted by Crippen LogP contribution is 2.27. The van der Waals surface area contributed by atoms with E-state index >= 15 is 0 Å². The van der Waals surface area contributed by atoms with E-state index in [9.17, 15) is 0 Å². The lowest BCUT2D eigenvalue weighted by Gasteiger charge is -1.98. The maximum atomic E-state index is 5.65. The maximum absolute atomic E-state index is 5.65. The van der Waals surface area contributed by atoms with Crippen molar-refractivity contribution in [1.82, 2.24) is 4.98 Å². The van der Waals surface area contributed by atoms with Gasteiger partial charge in [-0.1, -0.05) is 11.6 Å². The molecule has 0 aliphatic carbocycles. The van der Waals surface area contributed by atoms with Crippen molar-refractivity contribution < 1.29 is 0 Å². The summed E-state index contributed by atoms with van der Waals surface area (Å²) < 4.78 is 1.46. The quantitative estimate of drug-likeness (QED) is 0.745. The lowest BCUT2D eigenvalue weighted by atomic mass is 10.5. The Labute approximate surface area is 80.0 Å². The van der Waals surface area contributed by atoms with Crippen molar-refractivity contribution in [2.45, 2.75) is 0 Å². The number of nitrogen functional groups attached to an aromatic ring is 1. The van der Waals surface area contributed by atoms with Gasteiger partial charge in [0.15, 0.2) is 0 Å². The van der Waals surface area contributed by atoms with Crippen LogP contribution in [-0.4, -0.2) is 4.98 Å². The Kier molecular flexibility index (Phi) is 2.55. The van der Waals surface area contributed by atoms with Crippen LogP contribution in [0.25, 0.3) is 0 Å². The van der Waals surface area contributed by atoms with Gasteiger partial charge in [0.05, 0.1) is 9.50 Å². The summed E-state index contributed by atoms with van der Waals surface area (Å²) in [6.45, 7) is 0. The molecule has 0 bridgehead atoms. The molecule has 54 valence electrons. The van der Waals surface area contributed by atoms with Crippen LogP contribution < -0.4 is 5.73 Å². The Hall–Kier alpha value is 0.200. The van der Waals surface area contributed by atoms with Crippen molar-refractivity contribution in [2.75, 3.05) is 5.73 Å². The molecule has 0 atom stereocenters. The third kappa shape index (κ3) is 1.62. The van der Waals surface area contributed by atoms with Crippen LogP contribution in [0.1, 0.15) is 0 Å². The average Bonchev–Trinajstić information content (AvgIpc) is 1.84. The average molecular weight is 286 g/mol. The molecule has 0 saturated heterocycles. The van der Waals surface area contributed by atoms with Crippen molar-refractivity contribution in [3.63, 3.8) is 0 Å². The Bertz CT molecular complexity index is 214. The molecular formula is C5H3Br2ClN2. The molecule has 0 amide bonds. The second-order valence-corrected chi connectivity index (χ2v) is 3.64. The summed E-state index contributed by atoms with van der Waals surface area (Å²) in [4.78, 5) is 3.89. The normalized spacial score (nSPS) is 9.90. The summed E-state index contributed by atoms with van der Waals surface area (Å²) in [5.41, 5.74) is 5.40. The number of hydrogen-bond donors (Lipinski definition) is 1. The van der Waals surface area contributed by atoms with E-state index in [1.54, 1.807) is 6.07 Å². The number of aromatic nitrogens is 1. The largest absolute Gasteiger partial charge is 0.382 e. The van der Waals surface area contributed by atoms with E-state index in [0.717, 1.165) is 4.47 Å². The maximum Gasteiger partial charge on any atom is 0.143 e. The Morgan fingerprint density at radius 3 is 2.60 bits per heavy atom. The molecule has 0 aromatic carbocycles. The molecule has 0 aliphatic heterocycles. The lowest BCUT2D eigenvalue weighted by Crippen LogP contribution is -1.91. The third-order valence-corrected chi connectivity index (χ3v) is 2.96. The van der Waals surface area contributed by atoms with Crippen LogP contribution >= 0.6 is 43.5 Å². The first-order chi connectivity index (χ1) is 4.61. The topological polar surface area (TPSA) is 38.9 Å². The summed E-state index contributed by atoms with van der Waals surface area (Å²) in [6, 6.07) is 1.69. The molecule has 0 aliphatic rings. The molecule has 1 aromatic rings. The zero-order valence-electron chi connectivity index (χ0n) is 4.74. The standard InChI is InChI=1S/C5H3Br2ClN2/c6-2-1-3(8)5(9)10-4(2)7/h1H,(H2,9,10). The summed E-state index contributed by atoms with van der Waals surface area (Å²) in [7, 11) is 0. The van der Waals surface area contributed by atoms with Crippen molar-refractivity contribution in [3.05, 3.63) is 20.2 Å². The second kappa shape index (κ2) is 3.07. The Balaban J connectivity index is 3.28. The van der Waals surface area contributed by atoms with E-state index in [0.29, 0.717) is 15.4 Å². The number of nitrogens with zero attached hydrogens (tertiary/aromatic N) is 1. The van der Waals surface area contributed by atoms with E-state index in [-0.39, 0.29) is 0 Å². The summed E-state index contributed by atoms with van der Waals surface area (Å²) in [5, 5.41) is 0.454. The van der Waals surface area contributed by atoms with Crippen LogP contribution in [0.3, 0.4) is 0 Å². The molecule has 0 fully saturated rings. The van der Waals surface area contributed by atoms with E-state index in [1.807, 2.05) is 0 Å². The van der Waals surface area contributed by atoms with Gasteiger partial charge in [-0.15, -0.1) is 0 Å². The van der Waals surface area contributed by atoms with Crippen LogP contribution in [0, 0.1) is 0 Å². The molecule has 0 saturated carbocycles. The highest BCUT2D eigenvalue weighted by atomic mass is 79.9. The summed E-state index contributed by atoms with van der Waals surface area (Å²) in [5.74, 6) is 0.330.